The SMILES string of the molecule is c1cc2c(c(N(c3ccc4c(c3)c3ccccc3n4-c3ccc4ccccc4c3)c3cccc4ccccc34)c1)-c1cccc3cc4ccccc4c-2c13. The van der Waals surface area contributed by atoms with E-state index in [2.05, 4.69) is 204 Å². The Balaban J connectivity index is 1.15. The van der Waals surface area contributed by atoms with Gasteiger partial charge in [0, 0.05) is 33.1 Å². The van der Waals surface area contributed by atoms with Gasteiger partial charge < -0.3 is 9.47 Å². The van der Waals surface area contributed by atoms with Crippen molar-refractivity contribution in [1.29, 1.82) is 0 Å². The van der Waals surface area contributed by atoms with E-state index in [9.17, 15) is 0 Å². The van der Waals surface area contributed by atoms with E-state index in [1.54, 1.807) is 0 Å². The van der Waals surface area contributed by atoms with Crippen LogP contribution in [0.4, 0.5) is 17.1 Å². The van der Waals surface area contributed by atoms with Crippen molar-refractivity contribution in [2.24, 2.45) is 0 Å². The third-order valence-electron chi connectivity index (χ3n) is 11.6. The summed E-state index contributed by atoms with van der Waals surface area (Å²) < 4.78 is 2.42. The molecule has 0 atom stereocenters. The minimum atomic E-state index is 1.13. The van der Waals surface area contributed by atoms with Crippen LogP contribution in [0.15, 0.2) is 194 Å². The molecule has 0 aliphatic heterocycles. The topological polar surface area (TPSA) is 8.17 Å². The predicted molar refractivity (Wildman–Crippen MR) is 230 cm³/mol. The number of hydrogen-bond acceptors (Lipinski definition) is 1. The van der Waals surface area contributed by atoms with Gasteiger partial charge in [-0.05, 0) is 109 Å². The molecule has 0 bridgehead atoms. The standard InChI is InChI=1S/C52H32N2/c1-2-14-35-31-38(27-26-33(35)12-1)53-47-23-8-7-20-42(47)45-32-39(28-29-48(45)53)54(46-24-10-16-34-13-3-5-18-40(34)46)49-25-11-22-44-51(49)43-21-9-17-37-30-36-15-4-6-19-41(36)52(44)50(37)43/h1-32H. The van der Waals surface area contributed by atoms with Gasteiger partial charge in [-0.15, -0.1) is 0 Å². The number of hydrogen-bond donors (Lipinski definition) is 0. The van der Waals surface area contributed by atoms with E-state index in [1.807, 2.05) is 0 Å². The molecule has 1 aliphatic rings. The quantitative estimate of drug-likeness (QED) is 0.168. The molecule has 250 valence electrons. The molecule has 2 nitrogen and oxygen atoms in total. The summed E-state index contributed by atoms with van der Waals surface area (Å²) >= 11 is 0. The Kier molecular flexibility index (Phi) is 6.09. The average molecular weight is 685 g/mol. The summed E-state index contributed by atoms with van der Waals surface area (Å²) in [5.74, 6) is 0. The van der Waals surface area contributed by atoms with Gasteiger partial charge in [0.1, 0.15) is 0 Å². The van der Waals surface area contributed by atoms with Crippen LogP contribution in [-0.2, 0) is 0 Å². The molecule has 54 heavy (non-hydrogen) atoms. The molecule has 10 aromatic carbocycles. The Morgan fingerprint density at radius 3 is 1.89 bits per heavy atom. The lowest BCUT2D eigenvalue weighted by molar-refractivity contribution is 1.18. The number of fused-ring (bicyclic) bond motifs is 10. The third-order valence-corrected chi connectivity index (χ3v) is 11.6. The summed E-state index contributed by atoms with van der Waals surface area (Å²) in [6.45, 7) is 0. The van der Waals surface area contributed by atoms with Gasteiger partial charge in [0.05, 0.1) is 22.4 Å². The first kappa shape index (κ1) is 29.4. The molecule has 1 aliphatic carbocycles. The van der Waals surface area contributed by atoms with Gasteiger partial charge in [0.15, 0.2) is 0 Å². The van der Waals surface area contributed by atoms with Crippen molar-refractivity contribution in [2.45, 2.75) is 0 Å². The molecule has 12 rings (SSSR count). The molecule has 0 saturated heterocycles. The fourth-order valence-electron chi connectivity index (χ4n) is 9.33. The second-order valence-electron chi connectivity index (χ2n) is 14.5. The lowest BCUT2D eigenvalue weighted by Gasteiger charge is -2.29. The summed E-state index contributed by atoms with van der Waals surface area (Å²) in [5, 5.41) is 12.6. The number of benzene rings is 10. The molecule has 11 aromatic rings. The zero-order valence-corrected chi connectivity index (χ0v) is 29.4. The molecule has 0 spiro atoms. The maximum atomic E-state index is 2.51. The van der Waals surface area contributed by atoms with E-state index in [0.717, 1.165) is 17.1 Å². The third kappa shape index (κ3) is 4.11. The van der Waals surface area contributed by atoms with Gasteiger partial charge in [-0.2, -0.15) is 0 Å². The van der Waals surface area contributed by atoms with Crippen molar-refractivity contribution in [3.05, 3.63) is 194 Å². The van der Waals surface area contributed by atoms with E-state index in [-0.39, 0.29) is 0 Å². The van der Waals surface area contributed by atoms with Crippen molar-refractivity contribution in [1.82, 2.24) is 4.57 Å². The molecule has 0 unspecified atom stereocenters. The van der Waals surface area contributed by atoms with Crippen LogP contribution in [0.5, 0.6) is 0 Å². The zero-order valence-electron chi connectivity index (χ0n) is 29.4. The van der Waals surface area contributed by atoms with Crippen molar-refractivity contribution >= 4 is 82.0 Å². The Hall–Kier alpha value is -7.16. The van der Waals surface area contributed by atoms with E-state index >= 15 is 0 Å². The first-order valence-electron chi connectivity index (χ1n) is 18.7. The summed E-state index contributed by atoms with van der Waals surface area (Å²) in [7, 11) is 0. The summed E-state index contributed by atoms with van der Waals surface area (Å²) in [6.07, 6.45) is 0. The smallest absolute Gasteiger partial charge is 0.0546 e. The van der Waals surface area contributed by atoms with Crippen molar-refractivity contribution in [2.75, 3.05) is 4.90 Å². The van der Waals surface area contributed by atoms with E-state index in [0.29, 0.717) is 0 Å². The first-order valence-corrected chi connectivity index (χ1v) is 18.7. The highest BCUT2D eigenvalue weighted by atomic mass is 15.1. The van der Waals surface area contributed by atoms with Crippen LogP contribution in [-0.4, -0.2) is 4.57 Å². The molecular formula is C52H32N2. The van der Waals surface area contributed by atoms with Crippen LogP contribution in [0.3, 0.4) is 0 Å². The van der Waals surface area contributed by atoms with Crippen LogP contribution < -0.4 is 4.90 Å². The van der Waals surface area contributed by atoms with Crippen LogP contribution in [0.2, 0.25) is 0 Å². The van der Waals surface area contributed by atoms with Gasteiger partial charge in [-0.3, -0.25) is 0 Å². The summed E-state index contributed by atoms with van der Waals surface area (Å²) in [6, 6.07) is 71.6. The van der Waals surface area contributed by atoms with Crippen LogP contribution >= 0.6 is 0 Å². The average Bonchev–Trinajstić information content (AvgIpc) is 3.75. The fourth-order valence-corrected chi connectivity index (χ4v) is 9.33. The number of anilines is 3. The van der Waals surface area contributed by atoms with Gasteiger partial charge in [0.2, 0.25) is 0 Å². The van der Waals surface area contributed by atoms with Gasteiger partial charge >= 0.3 is 0 Å². The maximum absolute atomic E-state index is 2.51. The maximum Gasteiger partial charge on any atom is 0.0546 e. The van der Waals surface area contributed by atoms with Gasteiger partial charge in [0.25, 0.3) is 0 Å². The molecular weight excluding hydrogens is 653 g/mol. The summed E-state index contributed by atoms with van der Waals surface area (Å²) in [5.41, 5.74) is 12.2. The highest BCUT2D eigenvalue weighted by Crippen LogP contribution is 2.56. The second-order valence-corrected chi connectivity index (χ2v) is 14.5. The summed E-state index contributed by atoms with van der Waals surface area (Å²) in [4.78, 5) is 2.51. The lowest BCUT2D eigenvalue weighted by Crippen LogP contribution is -2.12. The molecule has 0 fully saturated rings. The molecule has 0 N–H and O–H groups in total. The molecule has 0 radical (unpaired) electrons. The van der Waals surface area contributed by atoms with Crippen molar-refractivity contribution in [3.63, 3.8) is 0 Å². The number of nitrogens with zero attached hydrogens (tertiary/aromatic N) is 2. The van der Waals surface area contributed by atoms with Gasteiger partial charge in [-0.1, -0.05) is 140 Å². The van der Waals surface area contributed by atoms with Gasteiger partial charge in [-0.25, -0.2) is 0 Å². The predicted octanol–water partition coefficient (Wildman–Crippen LogP) is 14.5. The second kappa shape index (κ2) is 11.2. The highest BCUT2D eigenvalue weighted by Gasteiger charge is 2.29. The molecule has 1 aromatic heterocycles. The number of para-hydroxylation sites is 1. The van der Waals surface area contributed by atoms with Crippen molar-refractivity contribution in [3.8, 4) is 27.9 Å². The van der Waals surface area contributed by atoms with Crippen molar-refractivity contribution < 1.29 is 0 Å². The van der Waals surface area contributed by atoms with E-state index < -0.39 is 0 Å². The van der Waals surface area contributed by atoms with Crippen LogP contribution in [0.25, 0.3) is 92.8 Å². The van der Waals surface area contributed by atoms with Crippen LogP contribution in [0.1, 0.15) is 0 Å². The number of rotatable bonds is 4. The first-order chi connectivity index (χ1) is 26.8. The highest BCUT2D eigenvalue weighted by molar-refractivity contribution is 6.26. The van der Waals surface area contributed by atoms with E-state index in [1.165, 1.54) is 92.8 Å². The fraction of sp³-hybridized carbons (Fsp3) is 0. The lowest BCUT2D eigenvalue weighted by atomic mass is 9.96. The molecule has 2 heteroatoms. The molecule has 0 saturated carbocycles. The largest absolute Gasteiger partial charge is 0.309 e. The monoisotopic (exact) mass is 684 g/mol. The Morgan fingerprint density at radius 1 is 0.333 bits per heavy atom. The zero-order chi connectivity index (χ0) is 35.3. The number of aromatic nitrogens is 1. The Bertz CT molecular complexity index is 3340. The minimum Gasteiger partial charge on any atom is -0.309 e. The Morgan fingerprint density at radius 2 is 0.981 bits per heavy atom. The molecule has 1 heterocycles. The molecule has 0 amide bonds. The van der Waals surface area contributed by atoms with E-state index in [4.69, 9.17) is 0 Å². The minimum absolute atomic E-state index is 1.13. The Labute approximate surface area is 312 Å². The normalized spacial score (nSPS) is 12.1. The van der Waals surface area contributed by atoms with Crippen LogP contribution in [0, 0.1) is 0 Å².